The summed E-state index contributed by atoms with van der Waals surface area (Å²) in [6.07, 6.45) is 0.990. The van der Waals surface area contributed by atoms with Crippen molar-refractivity contribution in [3.63, 3.8) is 0 Å². The average Bonchev–Trinajstić information content (AvgIpc) is 3.12. The van der Waals surface area contributed by atoms with Gasteiger partial charge in [0.2, 0.25) is 5.91 Å². The fourth-order valence-electron chi connectivity index (χ4n) is 3.39. The number of hydrogen-bond donors (Lipinski definition) is 2. The van der Waals surface area contributed by atoms with Crippen LogP contribution in [0.1, 0.15) is 43.4 Å². The summed E-state index contributed by atoms with van der Waals surface area (Å²) in [4.78, 5) is 25.7. The van der Waals surface area contributed by atoms with Gasteiger partial charge >= 0.3 is 6.03 Å². The topological polar surface area (TPSA) is 61.4 Å². The van der Waals surface area contributed by atoms with E-state index in [9.17, 15) is 9.59 Å². The molecule has 2 N–H and O–H groups in total. The Labute approximate surface area is 154 Å². The Kier molecular flexibility index (Phi) is 5.56. The van der Waals surface area contributed by atoms with Crippen LogP contribution in [0.15, 0.2) is 54.6 Å². The van der Waals surface area contributed by atoms with Crippen LogP contribution in [0.2, 0.25) is 0 Å². The lowest BCUT2D eigenvalue weighted by Crippen LogP contribution is -2.39. The van der Waals surface area contributed by atoms with Gasteiger partial charge in [0.15, 0.2) is 0 Å². The van der Waals surface area contributed by atoms with Crippen molar-refractivity contribution in [1.82, 2.24) is 10.2 Å². The van der Waals surface area contributed by atoms with Crippen LogP contribution in [0.5, 0.6) is 0 Å². The van der Waals surface area contributed by atoms with Gasteiger partial charge in [-0.3, -0.25) is 4.79 Å². The van der Waals surface area contributed by atoms with Crippen molar-refractivity contribution in [3.8, 4) is 0 Å². The lowest BCUT2D eigenvalue weighted by molar-refractivity contribution is -0.114. The average molecular weight is 351 g/mol. The lowest BCUT2D eigenvalue weighted by atomic mass is 9.99. The molecule has 2 aromatic rings. The number of nitrogens with zero attached hydrogens (tertiary/aromatic N) is 1. The molecular formula is C21H25N3O2. The zero-order valence-electron chi connectivity index (χ0n) is 15.2. The van der Waals surface area contributed by atoms with E-state index in [4.69, 9.17) is 0 Å². The van der Waals surface area contributed by atoms with Crippen LogP contribution in [-0.2, 0) is 4.79 Å². The molecule has 0 aromatic heterocycles. The number of rotatable bonds is 4. The number of carbonyl (C=O) groups is 2. The van der Waals surface area contributed by atoms with Crippen molar-refractivity contribution < 1.29 is 9.59 Å². The van der Waals surface area contributed by atoms with Gasteiger partial charge in [0.05, 0.1) is 6.04 Å². The third-order valence-corrected chi connectivity index (χ3v) is 4.79. The second-order valence-corrected chi connectivity index (χ2v) is 6.82. The van der Waals surface area contributed by atoms with Gasteiger partial charge < -0.3 is 15.5 Å². The van der Waals surface area contributed by atoms with Crippen LogP contribution in [0.3, 0.4) is 0 Å². The van der Waals surface area contributed by atoms with Gasteiger partial charge in [-0.15, -0.1) is 0 Å². The molecule has 2 atom stereocenters. The highest BCUT2D eigenvalue weighted by Gasteiger charge is 2.27. The number of hydrogen-bond acceptors (Lipinski definition) is 2. The molecular weight excluding hydrogens is 326 g/mol. The van der Waals surface area contributed by atoms with E-state index in [0.717, 1.165) is 30.8 Å². The Bertz CT molecular complexity index is 776. The van der Waals surface area contributed by atoms with Crippen LogP contribution in [0.25, 0.3) is 0 Å². The van der Waals surface area contributed by atoms with E-state index in [1.807, 2.05) is 54.3 Å². The SMILES string of the molecule is CC(=O)Nc1cccc([C@@H](C)NC(=O)N2CC[C@H](c3ccccc3)C2)c1. The maximum Gasteiger partial charge on any atom is 0.317 e. The second-order valence-electron chi connectivity index (χ2n) is 6.82. The molecule has 1 saturated heterocycles. The molecule has 0 radical (unpaired) electrons. The van der Waals surface area contributed by atoms with Gasteiger partial charge in [-0.2, -0.15) is 0 Å². The largest absolute Gasteiger partial charge is 0.331 e. The summed E-state index contributed by atoms with van der Waals surface area (Å²) in [5.41, 5.74) is 2.99. The van der Waals surface area contributed by atoms with E-state index in [1.54, 1.807) is 0 Å². The highest BCUT2D eigenvalue weighted by molar-refractivity contribution is 5.88. The molecule has 3 rings (SSSR count). The predicted molar refractivity (Wildman–Crippen MR) is 103 cm³/mol. The van der Waals surface area contributed by atoms with Gasteiger partial charge in [-0.05, 0) is 36.6 Å². The molecule has 2 aromatic carbocycles. The van der Waals surface area contributed by atoms with Crippen molar-refractivity contribution in [3.05, 3.63) is 65.7 Å². The summed E-state index contributed by atoms with van der Waals surface area (Å²) in [6.45, 7) is 4.95. The van der Waals surface area contributed by atoms with Gasteiger partial charge in [0.1, 0.15) is 0 Å². The van der Waals surface area contributed by atoms with Gasteiger partial charge in [0, 0.05) is 31.6 Å². The highest BCUT2D eigenvalue weighted by atomic mass is 16.2. The Hall–Kier alpha value is -2.82. The van der Waals surface area contributed by atoms with E-state index in [0.29, 0.717) is 5.92 Å². The minimum Gasteiger partial charge on any atom is -0.331 e. The van der Waals surface area contributed by atoms with Crippen molar-refractivity contribution in [2.75, 3.05) is 18.4 Å². The molecule has 5 nitrogen and oxygen atoms in total. The van der Waals surface area contributed by atoms with E-state index in [-0.39, 0.29) is 18.0 Å². The number of likely N-dealkylation sites (tertiary alicyclic amines) is 1. The smallest absolute Gasteiger partial charge is 0.317 e. The lowest BCUT2D eigenvalue weighted by Gasteiger charge is -2.22. The summed E-state index contributed by atoms with van der Waals surface area (Å²) < 4.78 is 0. The molecule has 3 amide bonds. The predicted octanol–water partition coefficient (Wildman–Crippen LogP) is 3.91. The van der Waals surface area contributed by atoms with Crippen LogP contribution >= 0.6 is 0 Å². The molecule has 0 saturated carbocycles. The van der Waals surface area contributed by atoms with E-state index in [1.165, 1.54) is 12.5 Å². The molecule has 0 spiro atoms. The number of nitrogens with one attached hydrogen (secondary N) is 2. The van der Waals surface area contributed by atoms with Gasteiger partial charge in [0.25, 0.3) is 0 Å². The fourth-order valence-corrected chi connectivity index (χ4v) is 3.39. The van der Waals surface area contributed by atoms with E-state index >= 15 is 0 Å². The molecule has 0 bridgehead atoms. The third kappa shape index (κ3) is 4.42. The van der Waals surface area contributed by atoms with Crippen molar-refractivity contribution in [2.45, 2.75) is 32.2 Å². The van der Waals surface area contributed by atoms with E-state index in [2.05, 4.69) is 22.8 Å². The molecule has 0 aliphatic carbocycles. The first kappa shape index (κ1) is 18.0. The minimum atomic E-state index is -0.132. The maximum atomic E-state index is 12.6. The minimum absolute atomic E-state index is 0.0409. The molecule has 1 heterocycles. The fraction of sp³-hybridized carbons (Fsp3) is 0.333. The Balaban J connectivity index is 1.59. The molecule has 1 fully saturated rings. The number of benzene rings is 2. The number of amides is 3. The van der Waals surface area contributed by atoms with Crippen molar-refractivity contribution in [2.24, 2.45) is 0 Å². The first-order chi connectivity index (χ1) is 12.5. The molecule has 1 aliphatic heterocycles. The Morgan fingerprint density at radius 1 is 1.12 bits per heavy atom. The first-order valence-corrected chi connectivity index (χ1v) is 9.01. The monoisotopic (exact) mass is 351 g/mol. The van der Waals surface area contributed by atoms with Crippen molar-refractivity contribution in [1.29, 1.82) is 0 Å². The Morgan fingerprint density at radius 2 is 1.88 bits per heavy atom. The zero-order chi connectivity index (χ0) is 18.5. The molecule has 5 heteroatoms. The van der Waals surface area contributed by atoms with Crippen LogP contribution in [0, 0.1) is 0 Å². The summed E-state index contributed by atoms with van der Waals surface area (Å²) in [5, 5.41) is 5.84. The quantitative estimate of drug-likeness (QED) is 0.877. The third-order valence-electron chi connectivity index (χ3n) is 4.79. The summed E-state index contributed by atoms with van der Waals surface area (Å²) in [5.74, 6) is 0.295. The summed E-state index contributed by atoms with van der Waals surface area (Å²) >= 11 is 0. The number of urea groups is 1. The van der Waals surface area contributed by atoms with Crippen LogP contribution in [-0.4, -0.2) is 29.9 Å². The molecule has 26 heavy (non-hydrogen) atoms. The number of carbonyl (C=O) groups excluding carboxylic acids is 2. The Morgan fingerprint density at radius 3 is 2.62 bits per heavy atom. The summed E-state index contributed by atoms with van der Waals surface area (Å²) in [6, 6.07) is 17.7. The van der Waals surface area contributed by atoms with E-state index < -0.39 is 0 Å². The second kappa shape index (κ2) is 8.04. The molecule has 1 aliphatic rings. The summed E-state index contributed by atoms with van der Waals surface area (Å²) in [7, 11) is 0. The standard InChI is InChI=1S/C21H25N3O2/c1-15(18-9-6-10-20(13-18)23-16(2)25)22-21(26)24-12-11-19(14-24)17-7-4-3-5-8-17/h3-10,13,15,19H,11-12,14H2,1-2H3,(H,22,26)(H,23,25)/t15-,19+/m1/s1. The normalized spacial score (nSPS) is 17.6. The van der Waals surface area contributed by atoms with Crippen LogP contribution < -0.4 is 10.6 Å². The van der Waals surface area contributed by atoms with Gasteiger partial charge in [-0.25, -0.2) is 4.79 Å². The number of anilines is 1. The van der Waals surface area contributed by atoms with Gasteiger partial charge in [-0.1, -0.05) is 42.5 Å². The zero-order valence-corrected chi connectivity index (χ0v) is 15.2. The first-order valence-electron chi connectivity index (χ1n) is 9.01. The molecule has 0 unspecified atom stereocenters. The van der Waals surface area contributed by atoms with Crippen molar-refractivity contribution >= 4 is 17.6 Å². The maximum absolute atomic E-state index is 12.6. The van der Waals surface area contributed by atoms with Crippen LogP contribution in [0.4, 0.5) is 10.5 Å². The molecule has 136 valence electrons. The highest BCUT2D eigenvalue weighted by Crippen LogP contribution is 2.27.